The van der Waals surface area contributed by atoms with Crippen LogP contribution in [0.5, 0.6) is 0 Å². The Morgan fingerprint density at radius 1 is 1.23 bits per heavy atom. The summed E-state index contributed by atoms with van der Waals surface area (Å²) in [6, 6.07) is 8.46. The molecule has 1 heterocycles. The number of benzene rings is 1. The highest BCUT2D eigenvalue weighted by atomic mass is 127. The Bertz CT molecular complexity index is 718. The lowest BCUT2D eigenvalue weighted by Crippen LogP contribution is -2.52. The Labute approximate surface area is 203 Å². The van der Waals surface area contributed by atoms with Gasteiger partial charge in [-0.05, 0) is 36.5 Å². The van der Waals surface area contributed by atoms with E-state index in [9.17, 15) is 4.79 Å². The van der Waals surface area contributed by atoms with E-state index in [1.165, 1.54) is 0 Å². The smallest absolute Gasteiger partial charge is 0.227 e. The van der Waals surface area contributed by atoms with E-state index in [1.54, 1.807) is 7.05 Å². The van der Waals surface area contributed by atoms with Gasteiger partial charge in [-0.1, -0.05) is 32.4 Å². The van der Waals surface area contributed by atoms with E-state index in [0.29, 0.717) is 18.5 Å². The van der Waals surface area contributed by atoms with Gasteiger partial charge in [0.2, 0.25) is 5.91 Å². The van der Waals surface area contributed by atoms with Gasteiger partial charge in [-0.15, -0.1) is 24.0 Å². The quantitative estimate of drug-likeness (QED) is 0.267. The molecule has 7 nitrogen and oxygen atoms in total. The fraction of sp³-hybridized carbons (Fsp3) is 0.652. The number of nitrogens with zero attached hydrogens (tertiary/aromatic N) is 2. The molecule has 0 spiro atoms. The summed E-state index contributed by atoms with van der Waals surface area (Å²) in [5, 5.41) is 9.92. The number of aliphatic imine (C=N–C) groups is 1. The minimum atomic E-state index is 0. The molecular formula is C23H38IN5O2. The van der Waals surface area contributed by atoms with Crippen molar-refractivity contribution in [2.45, 2.75) is 45.7 Å². The molecule has 1 saturated carbocycles. The third kappa shape index (κ3) is 7.91. The normalized spacial score (nSPS) is 18.6. The van der Waals surface area contributed by atoms with Gasteiger partial charge in [-0.3, -0.25) is 14.7 Å². The van der Waals surface area contributed by atoms with Crippen molar-refractivity contribution in [3.8, 4) is 0 Å². The van der Waals surface area contributed by atoms with Crippen molar-refractivity contribution in [1.82, 2.24) is 15.5 Å². The Morgan fingerprint density at radius 2 is 1.97 bits per heavy atom. The van der Waals surface area contributed by atoms with Crippen LogP contribution in [0.4, 0.5) is 5.69 Å². The van der Waals surface area contributed by atoms with E-state index in [-0.39, 0.29) is 35.8 Å². The summed E-state index contributed by atoms with van der Waals surface area (Å²) in [5.41, 5.74) is 1.97. The van der Waals surface area contributed by atoms with Gasteiger partial charge in [0.15, 0.2) is 5.96 Å². The van der Waals surface area contributed by atoms with Crippen molar-refractivity contribution in [2.75, 3.05) is 45.2 Å². The zero-order valence-electron chi connectivity index (χ0n) is 19.0. The number of guanidine groups is 1. The zero-order chi connectivity index (χ0) is 21.3. The molecule has 2 aliphatic rings. The van der Waals surface area contributed by atoms with Crippen LogP contribution in [-0.2, 0) is 16.1 Å². The van der Waals surface area contributed by atoms with Crippen LogP contribution in [0.1, 0.15) is 38.7 Å². The molecule has 31 heavy (non-hydrogen) atoms. The minimum absolute atomic E-state index is 0. The zero-order valence-corrected chi connectivity index (χ0v) is 21.4. The Balaban J connectivity index is 0.00000341. The maximum Gasteiger partial charge on any atom is 0.227 e. The first kappa shape index (κ1) is 25.9. The van der Waals surface area contributed by atoms with Gasteiger partial charge in [0, 0.05) is 50.9 Å². The summed E-state index contributed by atoms with van der Waals surface area (Å²) in [4.78, 5) is 19.1. The fourth-order valence-corrected chi connectivity index (χ4v) is 3.98. The summed E-state index contributed by atoms with van der Waals surface area (Å²) in [6.45, 7) is 9.60. The number of ether oxygens (including phenoxy) is 1. The number of nitrogens with one attached hydrogen (secondary N) is 3. The number of morpholine rings is 1. The van der Waals surface area contributed by atoms with Gasteiger partial charge in [0.25, 0.3) is 0 Å². The molecule has 1 aliphatic carbocycles. The third-order valence-corrected chi connectivity index (χ3v) is 6.12. The molecule has 0 aromatic heterocycles. The van der Waals surface area contributed by atoms with Crippen LogP contribution in [-0.4, -0.2) is 62.7 Å². The van der Waals surface area contributed by atoms with E-state index in [4.69, 9.17) is 4.74 Å². The molecule has 3 rings (SSSR count). The Hall–Kier alpha value is -1.39. The molecule has 0 bridgehead atoms. The molecular weight excluding hydrogens is 505 g/mol. The molecule has 1 aromatic rings. The predicted octanol–water partition coefficient (Wildman–Crippen LogP) is 3.07. The fourth-order valence-electron chi connectivity index (χ4n) is 3.98. The summed E-state index contributed by atoms with van der Waals surface area (Å²) in [7, 11) is 1.80. The van der Waals surface area contributed by atoms with E-state index >= 15 is 0 Å². The number of carbonyl (C=O) groups is 1. The molecule has 2 fully saturated rings. The second-order valence-corrected chi connectivity index (χ2v) is 8.58. The van der Waals surface area contributed by atoms with Crippen LogP contribution in [0, 0.1) is 11.8 Å². The van der Waals surface area contributed by atoms with Crippen molar-refractivity contribution in [3.05, 3.63) is 29.8 Å². The molecule has 1 unspecified atom stereocenters. The van der Waals surface area contributed by atoms with E-state index in [0.717, 1.165) is 69.3 Å². The third-order valence-electron chi connectivity index (χ3n) is 6.12. The van der Waals surface area contributed by atoms with Crippen LogP contribution in [0.15, 0.2) is 29.3 Å². The molecule has 0 radical (unpaired) electrons. The number of carbonyl (C=O) groups excluding carboxylic acids is 1. The topological polar surface area (TPSA) is 78.0 Å². The van der Waals surface area contributed by atoms with Crippen molar-refractivity contribution in [3.63, 3.8) is 0 Å². The lowest BCUT2D eigenvalue weighted by atomic mass is 9.85. The molecule has 1 aliphatic heterocycles. The van der Waals surface area contributed by atoms with Crippen LogP contribution in [0.2, 0.25) is 0 Å². The maximum atomic E-state index is 12.2. The molecule has 1 atom stereocenters. The summed E-state index contributed by atoms with van der Waals surface area (Å²) >= 11 is 0. The molecule has 8 heteroatoms. The van der Waals surface area contributed by atoms with Crippen LogP contribution in [0.3, 0.4) is 0 Å². The Kier molecular flexibility index (Phi) is 11.0. The lowest BCUT2D eigenvalue weighted by Gasteiger charge is -2.37. The van der Waals surface area contributed by atoms with E-state index in [1.807, 2.05) is 18.2 Å². The van der Waals surface area contributed by atoms with Gasteiger partial charge in [0.05, 0.1) is 13.2 Å². The van der Waals surface area contributed by atoms with Gasteiger partial charge in [-0.2, -0.15) is 0 Å². The SMILES string of the molecule is CN=C(NCc1cccc(NC(=O)C2CCC2)c1)NCC(C(C)C)N1CCOCC1.I. The molecule has 1 saturated heterocycles. The first-order valence-electron chi connectivity index (χ1n) is 11.2. The standard InChI is InChI=1S/C23H37N5O2.HI/c1-17(2)21(28-10-12-30-13-11-28)16-26-23(24-3)25-15-18-6-4-9-20(14-18)27-22(29)19-7-5-8-19;/h4,6,9,14,17,19,21H,5,7-8,10-13,15-16H2,1-3H3,(H,27,29)(H2,24,25,26);1H. The van der Waals surface area contributed by atoms with Crippen LogP contribution >= 0.6 is 24.0 Å². The van der Waals surface area contributed by atoms with Crippen LogP contribution < -0.4 is 16.0 Å². The highest BCUT2D eigenvalue weighted by Gasteiger charge is 2.25. The maximum absolute atomic E-state index is 12.2. The highest BCUT2D eigenvalue weighted by Crippen LogP contribution is 2.27. The minimum Gasteiger partial charge on any atom is -0.379 e. The number of rotatable bonds is 8. The average molecular weight is 543 g/mol. The largest absolute Gasteiger partial charge is 0.379 e. The highest BCUT2D eigenvalue weighted by molar-refractivity contribution is 14.0. The molecule has 1 aromatic carbocycles. The van der Waals surface area contributed by atoms with Crippen molar-refractivity contribution in [2.24, 2.45) is 16.8 Å². The van der Waals surface area contributed by atoms with Gasteiger partial charge < -0.3 is 20.7 Å². The van der Waals surface area contributed by atoms with Crippen molar-refractivity contribution in [1.29, 1.82) is 0 Å². The van der Waals surface area contributed by atoms with Crippen molar-refractivity contribution < 1.29 is 9.53 Å². The monoisotopic (exact) mass is 543 g/mol. The summed E-state index contributed by atoms with van der Waals surface area (Å²) < 4.78 is 5.50. The number of amides is 1. The summed E-state index contributed by atoms with van der Waals surface area (Å²) in [5.74, 6) is 1.67. The number of anilines is 1. The van der Waals surface area contributed by atoms with E-state index < -0.39 is 0 Å². The average Bonchev–Trinajstić information content (AvgIpc) is 2.70. The summed E-state index contributed by atoms with van der Waals surface area (Å²) in [6.07, 6.45) is 3.19. The van der Waals surface area contributed by atoms with Gasteiger partial charge in [0.1, 0.15) is 0 Å². The number of hydrogen-bond acceptors (Lipinski definition) is 4. The Morgan fingerprint density at radius 3 is 2.58 bits per heavy atom. The van der Waals surface area contributed by atoms with Crippen molar-refractivity contribution >= 4 is 41.5 Å². The van der Waals surface area contributed by atoms with Gasteiger partial charge >= 0.3 is 0 Å². The molecule has 1 amide bonds. The number of halogens is 1. The molecule has 174 valence electrons. The van der Waals surface area contributed by atoms with E-state index in [2.05, 4.69) is 45.8 Å². The lowest BCUT2D eigenvalue weighted by molar-refractivity contribution is -0.122. The molecule has 3 N–H and O–H groups in total. The predicted molar refractivity (Wildman–Crippen MR) is 137 cm³/mol. The second kappa shape index (κ2) is 13.2. The second-order valence-electron chi connectivity index (χ2n) is 8.58. The van der Waals surface area contributed by atoms with Gasteiger partial charge in [-0.25, -0.2) is 0 Å². The number of hydrogen-bond donors (Lipinski definition) is 3. The first-order chi connectivity index (χ1) is 14.6. The van der Waals surface area contributed by atoms with Crippen LogP contribution in [0.25, 0.3) is 0 Å². The first-order valence-corrected chi connectivity index (χ1v) is 11.2.